The summed E-state index contributed by atoms with van der Waals surface area (Å²) in [5.74, 6) is 1.97. The average Bonchev–Trinajstić information content (AvgIpc) is 3.54. The first-order chi connectivity index (χ1) is 15.6. The van der Waals surface area contributed by atoms with Gasteiger partial charge in [0.25, 0.3) is 5.91 Å². The van der Waals surface area contributed by atoms with E-state index in [0.717, 1.165) is 18.8 Å². The summed E-state index contributed by atoms with van der Waals surface area (Å²) >= 11 is 0. The van der Waals surface area contributed by atoms with Crippen LogP contribution in [0.4, 0.5) is 5.95 Å². The Hall–Kier alpha value is -3.53. The maximum absolute atomic E-state index is 13.4. The molecule has 0 radical (unpaired) electrons. The second-order valence-electron chi connectivity index (χ2n) is 8.30. The molecule has 0 bridgehead atoms. The van der Waals surface area contributed by atoms with Crippen LogP contribution in [0.2, 0.25) is 0 Å². The van der Waals surface area contributed by atoms with Gasteiger partial charge >= 0.3 is 0 Å². The summed E-state index contributed by atoms with van der Waals surface area (Å²) < 4.78 is 5.33. The number of methoxy groups -OCH3 is 1. The van der Waals surface area contributed by atoms with Crippen molar-refractivity contribution in [2.45, 2.75) is 13.5 Å². The first kappa shape index (κ1) is 20.4. The highest BCUT2D eigenvalue weighted by molar-refractivity contribution is 5.98. The summed E-state index contributed by atoms with van der Waals surface area (Å²) in [6.07, 6.45) is 3.16. The summed E-state index contributed by atoms with van der Waals surface area (Å²) in [4.78, 5) is 28.0. The molecule has 4 heterocycles. The second kappa shape index (κ2) is 8.19. The molecule has 10 heteroatoms. The minimum absolute atomic E-state index is 0.0322. The van der Waals surface area contributed by atoms with Crippen LogP contribution in [0.3, 0.4) is 0 Å². The van der Waals surface area contributed by atoms with E-state index in [1.54, 1.807) is 43.8 Å². The van der Waals surface area contributed by atoms with E-state index in [-0.39, 0.29) is 12.5 Å². The van der Waals surface area contributed by atoms with Crippen LogP contribution in [0, 0.1) is 18.8 Å². The molecule has 2 saturated heterocycles. The Balaban J connectivity index is 1.33. The van der Waals surface area contributed by atoms with Crippen LogP contribution in [0.15, 0.2) is 36.7 Å². The van der Waals surface area contributed by atoms with Gasteiger partial charge in [0.05, 0.1) is 37.4 Å². The molecule has 1 amide bonds. The zero-order chi connectivity index (χ0) is 22.2. The van der Waals surface area contributed by atoms with Crippen LogP contribution in [-0.4, -0.2) is 74.2 Å². The monoisotopic (exact) mass is 435 g/mol. The molecule has 1 N–H and O–H groups in total. The number of carbonyl (C=O) groups is 1. The van der Waals surface area contributed by atoms with E-state index in [1.165, 1.54) is 4.80 Å². The molecule has 0 spiro atoms. The largest absolute Gasteiger partial charge is 0.497 e. The van der Waals surface area contributed by atoms with Crippen molar-refractivity contribution in [3.8, 4) is 11.4 Å². The molecule has 0 saturated carbocycles. The Morgan fingerprint density at radius 3 is 2.47 bits per heavy atom. The molecule has 32 heavy (non-hydrogen) atoms. The molecule has 2 aliphatic heterocycles. The SMILES string of the molecule is COc1ccc(C(=O)N2CC3CN(c4nc(C)cc(CO)n4)CC3C2)c(-n2nccn2)c1. The first-order valence-corrected chi connectivity index (χ1v) is 10.6. The minimum atomic E-state index is -0.103. The van der Waals surface area contributed by atoms with Gasteiger partial charge in [-0.05, 0) is 25.1 Å². The Kier molecular flexibility index (Phi) is 5.22. The van der Waals surface area contributed by atoms with Crippen molar-refractivity contribution in [1.82, 2.24) is 29.9 Å². The van der Waals surface area contributed by atoms with Crippen LogP contribution >= 0.6 is 0 Å². The maximum atomic E-state index is 13.4. The molecular formula is C22H25N7O3. The first-order valence-electron chi connectivity index (χ1n) is 10.6. The highest BCUT2D eigenvalue weighted by Crippen LogP contribution is 2.34. The highest BCUT2D eigenvalue weighted by atomic mass is 16.5. The van der Waals surface area contributed by atoms with Crippen molar-refractivity contribution in [2.75, 3.05) is 38.2 Å². The van der Waals surface area contributed by atoms with E-state index in [4.69, 9.17) is 4.74 Å². The number of likely N-dealkylation sites (tertiary alicyclic amines) is 1. The predicted molar refractivity (Wildman–Crippen MR) is 116 cm³/mol. The van der Waals surface area contributed by atoms with Crippen LogP contribution < -0.4 is 9.64 Å². The number of amides is 1. The quantitative estimate of drug-likeness (QED) is 0.634. The summed E-state index contributed by atoms with van der Waals surface area (Å²) in [5.41, 5.74) is 2.61. The van der Waals surface area contributed by atoms with E-state index in [1.807, 2.05) is 11.8 Å². The number of aryl methyl sites for hydroxylation is 1. The Morgan fingerprint density at radius 1 is 1.09 bits per heavy atom. The number of aromatic nitrogens is 5. The van der Waals surface area contributed by atoms with Crippen LogP contribution in [0.5, 0.6) is 5.75 Å². The number of ether oxygens (including phenoxy) is 1. The number of rotatable bonds is 5. The van der Waals surface area contributed by atoms with Gasteiger partial charge in [-0.15, -0.1) is 0 Å². The highest BCUT2D eigenvalue weighted by Gasteiger charge is 2.43. The molecule has 5 rings (SSSR count). The molecule has 0 aliphatic carbocycles. The number of hydrogen-bond donors (Lipinski definition) is 1. The number of aliphatic hydroxyl groups excluding tert-OH is 1. The van der Waals surface area contributed by atoms with Crippen molar-refractivity contribution in [3.05, 3.63) is 53.6 Å². The summed E-state index contributed by atoms with van der Waals surface area (Å²) in [6, 6.07) is 7.13. The van der Waals surface area contributed by atoms with Crippen LogP contribution in [0.1, 0.15) is 21.7 Å². The van der Waals surface area contributed by atoms with Gasteiger partial charge in [0.15, 0.2) is 0 Å². The number of nitrogens with zero attached hydrogens (tertiary/aromatic N) is 7. The Morgan fingerprint density at radius 2 is 1.81 bits per heavy atom. The second-order valence-corrected chi connectivity index (χ2v) is 8.30. The fraction of sp³-hybridized carbons (Fsp3) is 0.409. The molecule has 2 aliphatic rings. The number of carbonyl (C=O) groups excluding carboxylic acids is 1. The van der Waals surface area contributed by atoms with Gasteiger partial charge in [-0.1, -0.05) is 0 Å². The van der Waals surface area contributed by atoms with Gasteiger partial charge < -0.3 is 19.6 Å². The zero-order valence-corrected chi connectivity index (χ0v) is 18.0. The lowest BCUT2D eigenvalue weighted by Gasteiger charge is -2.23. The number of anilines is 1. The molecule has 1 aromatic carbocycles. The lowest BCUT2D eigenvalue weighted by molar-refractivity contribution is 0.0782. The van der Waals surface area contributed by atoms with E-state index in [9.17, 15) is 9.90 Å². The summed E-state index contributed by atoms with van der Waals surface area (Å²) in [7, 11) is 1.59. The average molecular weight is 435 g/mol. The summed E-state index contributed by atoms with van der Waals surface area (Å²) in [5, 5.41) is 17.8. The van der Waals surface area contributed by atoms with E-state index >= 15 is 0 Å². The molecule has 2 unspecified atom stereocenters. The number of hydrogen-bond acceptors (Lipinski definition) is 8. The van der Waals surface area contributed by atoms with Gasteiger partial charge in [0, 0.05) is 49.8 Å². The van der Waals surface area contributed by atoms with E-state index in [2.05, 4.69) is 25.1 Å². The van der Waals surface area contributed by atoms with Crippen molar-refractivity contribution in [1.29, 1.82) is 0 Å². The third kappa shape index (κ3) is 3.66. The lowest BCUT2D eigenvalue weighted by atomic mass is 10.0. The Bertz CT molecular complexity index is 1120. The standard InChI is InChI=1S/C22H25N7O3/c1-14-7-17(13-30)26-22(25-14)28-11-15-9-27(10-16(15)12-28)21(31)19-4-3-18(32-2)8-20(19)29-23-5-6-24-29/h3-8,15-16,30H,9-13H2,1-2H3. The van der Waals surface area contributed by atoms with Gasteiger partial charge in [0.1, 0.15) is 11.4 Å². The number of fused-ring (bicyclic) bond motifs is 1. The van der Waals surface area contributed by atoms with Gasteiger partial charge in [-0.2, -0.15) is 15.0 Å². The van der Waals surface area contributed by atoms with Crippen LogP contribution in [0.25, 0.3) is 5.69 Å². The normalized spacial score (nSPS) is 20.0. The maximum Gasteiger partial charge on any atom is 0.256 e. The van der Waals surface area contributed by atoms with Gasteiger partial charge in [0.2, 0.25) is 5.95 Å². The fourth-order valence-electron chi connectivity index (χ4n) is 4.66. The number of benzene rings is 1. The molecule has 166 valence electrons. The van der Waals surface area contributed by atoms with E-state index in [0.29, 0.717) is 53.6 Å². The zero-order valence-electron chi connectivity index (χ0n) is 18.0. The summed E-state index contributed by atoms with van der Waals surface area (Å²) in [6.45, 7) is 4.74. The minimum Gasteiger partial charge on any atom is -0.497 e. The third-order valence-electron chi connectivity index (χ3n) is 6.18. The number of aliphatic hydroxyl groups is 1. The van der Waals surface area contributed by atoms with Gasteiger partial charge in [-0.3, -0.25) is 4.79 Å². The molecule has 2 aromatic heterocycles. The lowest BCUT2D eigenvalue weighted by Crippen LogP contribution is -2.34. The topological polar surface area (TPSA) is 110 Å². The molecular weight excluding hydrogens is 410 g/mol. The molecule has 2 atom stereocenters. The van der Waals surface area contributed by atoms with Crippen molar-refractivity contribution in [3.63, 3.8) is 0 Å². The van der Waals surface area contributed by atoms with Crippen LogP contribution in [-0.2, 0) is 6.61 Å². The van der Waals surface area contributed by atoms with Crippen molar-refractivity contribution in [2.24, 2.45) is 11.8 Å². The predicted octanol–water partition coefficient (Wildman–Crippen LogP) is 1.08. The van der Waals surface area contributed by atoms with Crippen molar-refractivity contribution >= 4 is 11.9 Å². The van der Waals surface area contributed by atoms with Crippen molar-refractivity contribution < 1.29 is 14.6 Å². The smallest absolute Gasteiger partial charge is 0.256 e. The van der Waals surface area contributed by atoms with Gasteiger partial charge in [-0.25, -0.2) is 9.97 Å². The third-order valence-corrected chi connectivity index (χ3v) is 6.18. The fourth-order valence-corrected chi connectivity index (χ4v) is 4.66. The molecule has 3 aromatic rings. The molecule has 2 fully saturated rings. The Labute approximate surface area is 185 Å². The molecule has 10 nitrogen and oxygen atoms in total. The van der Waals surface area contributed by atoms with E-state index < -0.39 is 0 Å².